The number of hydrogen-bond acceptors (Lipinski definition) is 5. The molecule has 0 N–H and O–H groups in total. The molecule has 0 aliphatic carbocycles. The number of aryl methyl sites for hydroxylation is 2. The second-order valence-corrected chi connectivity index (χ2v) is 5.79. The lowest BCUT2D eigenvalue weighted by Gasteiger charge is -2.18. The highest BCUT2D eigenvalue weighted by molar-refractivity contribution is 5.52. The van der Waals surface area contributed by atoms with Crippen LogP contribution in [0.1, 0.15) is 24.6 Å². The van der Waals surface area contributed by atoms with Gasteiger partial charge in [0.05, 0.1) is 18.7 Å². The van der Waals surface area contributed by atoms with Gasteiger partial charge in [0.1, 0.15) is 5.69 Å². The SMILES string of the molecule is Cn1cncc1-c1nc(C2CCOCC2)nn1-c1ccnn1C. The van der Waals surface area contributed by atoms with Crippen LogP contribution in [0.4, 0.5) is 0 Å². The molecule has 4 rings (SSSR count). The second kappa shape index (κ2) is 5.62. The van der Waals surface area contributed by atoms with Gasteiger partial charge in [0.25, 0.3) is 0 Å². The van der Waals surface area contributed by atoms with E-state index >= 15 is 0 Å². The Balaban J connectivity index is 1.84. The third-order valence-electron chi connectivity index (χ3n) is 4.27. The van der Waals surface area contributed by atoms with E-state index in [9.17, 15) is 0 Å². The van der Waals surface area contributed by atoms with Crippen molar-refractivity contribution in [1.29, 1.82) is 0 Å². The molecule has 1 saturated heterocycles. The molecule has 1 aliphatic heterocycles. The molecule has 0 spiro atoms. The van der Waals surface area contributed by atoms with Crippen LogP contribution in [-0.4, -0.2) is 47.3 Å². The maximum atomic E-state index is 5.45. The molecule has 0 unspecified atom stereocenters. The van der Waals surface area contributed by atoms with Crippen molar-refractivity contribution in [2.24, 2.45) is 14.1 Å². The van der Waals surface area contributed by atoms with Crippen LogP contribution in [0.2, 0.25) is 0 Å². The van der Waals surface area contributed by atoms with Gasteiger partial charge in [-0.1, -0.05) is 0 Å². The molecule has 3 aromatic rings. The molecule has 3 aromatic heterocycles. The second-order valence-electron chi connectivity index (χ2n) is 5.79. The lowest BCUT2D eigenvalue weighted by atomic mass is 10.00. The highest BCUT2D eigenvalue weighted by Gasteiger charge is 2.24. The zero-order valence-electron chi connectivity index (χ0n) is 13.3. The Hall–Kier alpha value is -2.48. The maximum Gasteiger partial charge on any atom is 0.183 e. The summed E-state index contributed by atoms with van der Waals surface area (Å²) in [5.74, 6) is 2.87. The molecule has 4 heterocycles. The summed E-state index contributed by atoms with van der Waals surface area (Å²) in [5, 5.41) is 9.03. The molecule has 0 atom stereocenters. The van der Waals surface area contributed by atoms with Gasteiger partial charge < -0.3 is 9.30 Å². The van der Waals surface area contributed by atoms with E-state index in [0.717, 1.165) is 49.2 Å². The molecular weight excluding hydrogens is 294 g/mol. The Labute approximate surface area is 133 Å². The van der Waals surface area contributed by atoms with E-state index in [4.69, 9.17) is 14.8 Å². The van der Waals surface area contributed by atoms with Crippen LogP contribution in [0.15, 0.2) is 24.8 Å². The van der Waals surface area contributed by atoms with Gasteiger partial charge in [0.2, 0.25) is 0 Å². The van der Waals surface area contributed by atoms with Gasteiger partial charge in [-0.25, -0.2) is 9.97 Å². The zero-order valence-corrected chi connectivity index (χ0v) is 13.3. The molecule has 23 heavy (non-hydrogen) atoms. The summed E-state index contributed by atoms with van der Waals surface area (Å²) in [6, 6.07) is 1.93. The molecule has 8 heteroatoms. The van der Waals surface area contributed by atoms with E-state index < -0.39 is 0 Å². The van der Waals surface area contributed by atoms with Gasteiger partial charge in [-0.3, -0.25) is 4.68 Å². The van der Waals surface area contributed by atoms with Crippen molar-refractivity contribution in [3.63, 3.8) is 0 Å². The summed E-state index contributed by atoms with van der Waals surface area (Å²) in [4.78, 5) is 9.03. The van der Waals surface area contributed by atoms with E-state index in [-0.39, 0.29) is 0 Å². The first-order valence-electron chi connectivity index (χ1n) is 7.74. The average Bonchev–Trinajstić information content (AvgIpc) is 3.27. The fraction of sp³-hybridized carbons (Fsp3) is 0.467. The van der Waals surface area contributed by atoms with Crippen LogP contribution in [0.25, 0.3) is 17.3 Å². The highest BCUT2D eigenvalue weighted by atomic mass is 16.5. The Bertz CT molecular complexity index is 752. The average molecular weight is 313 g/mol. The molecule has 120 valence electrons. The standard InChI is InChI=1S/C15H19N7O/c1-20-10-16-9-12(20)15-18-14(11-4-7-23-8-5-11)19-22(15)13-3-6-17-21(13)2/h3,6,9-11H,4-5,7-8H2,1-2H3. The summed E-state index contributed by atoms with van der Waals surface area (Å²) in [6.45, 7) is 1.54. The lowest BCUT2D eigenvalue weighted by Crippen LogP contribution is -2.15. The third-order valence-corrected chi connectivity index (χ3v) is 4.27. The first kappa shape index (κ1) is 14.1. The van der Waals surface area contributed by atoms with Gasteiger partial charge in [-0.05, 0) is 12.8 Å². The molecule has 0 saturated carbocycles. The van der Waals surface area contributed by atoms with Gasteiger partial charge >= 0.3 is 0 Å². The molecule has 8 nitrogen and oxygen atoms in total. The van der Waals surface area contributed by atoms with Gasteiger partial charge in [-0.15, -0.1) is 5.10 Å². The number of rotatable bonds is 3. The first-order chi connectivity index (χ1) is 11.2. The fourth-order valence-corrected chi connectivity index (χ4v) is 2.93. The van der Waals surface area contributed by atoms with Crippen molar-refractivity contribution >= 4 is 0 Å². The number of nitrogens with zero attached hydrogens (tertiary/aromatic N) is 7. The highest BCUT2D eigenvalue weighted by Crippen LogP contribution is 2.28. The molecule has 0 radical (unpaired) electrons. The van der Waals surface area contributed by atoms with Crippen LogP contribution >= 0.6 is 0 Å². The van der Waals surface area contributed by atoms with Gasteiger partial charge in [0, 0.05) is 39.3 Å². The zero-order chi connectivity index (χ0) is 15.8. The Morgan fingerprint density at radius 2 is 2.04 bits per heavy atom. The summed E-state index contributed by atoms with van der Waals surface area (Å²) in [6.07, 6.45) is 7.26. The van der Waals surface area contributed by atoms with Crippen LogP contribution in [0, 0.1) is 0 Å². The molecule has 0 bridgehead atoms. The minimum Gasteiger partial charge on any atom is -0.381 e. The minimum absolute atomic E-state index is 0.338. The van der Waals surface area contributed by atoms with Crippen LogP contribution in [0.3, 0.4) is 0 Å². The van der Waals surface area contributed by atoms with Crippen LogP contribution in [-0.2, 0) is 18.8 Å². The predicted octanol–water partition coefficient (Wildman–Crippen LogP) is 1.30. The predicted molar refractivity (Wildman–Crippen MR) is 83.1 cm³/mol. The minimum atomic E-state index is 0.338. The quantitative estimate of drug-likeness (QED) is 0.728. The molecule has 1 fully saturated rings. The molecular formula is C15H19N7O. The van der Waals surface area contributed by atoms with Crippen LogP contribution < -0.4 is 0 Å². The third kappa shape index (κ3) is 2.44. The number of imidazole rings is 1. The van der Waals surface area contributed by atoms with Crippen molar-refractivity contribution in [1.82, 2.24) is 34.1 Å². The first-order valence-corrected chi connectivity index (χ1v) is 7.74. The summed E-state index contributed by atoms with van der Waals surface area (Å²) in [5.41, 5.74) is 0.928. The lowest BCUT2D eigenvalue weighted by molar-refractivity contribution is 0.0836. The van der Waals surface area contributed by atoms with Gasteiger partial charge in [0.15, 0.2) is 17.5 Å². The van der Waals surface area contributed by atoms with Crippen molar-refractivity contribution < 1.29 is 4.74 Å². The summed E-state index contributed by atoms with van der Waals surface area (Å²) < 4.78 is 11.0. The smallest absolute Gasteiger partial charge is 0.183 e. The van der Waals surface area contributed by atoms with Crippen molar-refractivity contribution in [2.45, 2.75) is 18.8 Å². The topological polar surface area (TPSA) is 75.6 Å². The van der Waals surface area contributed by atoms with E-state index in [1.54, 1.807) is 17.2 Å². The van der Waals surface area contributed by atoms with E-state index in [1.807, 2.05) is 35.6 Å². The molecule has 1 aliphatic rings. The number of ether oxygens (including phenoxy) is 1. The Kier molecular flexibility index (Phi) is 3.45. The Morgan fingerprint density at radius 1 is 1.22 bits per heavy atom. The van der Waals surface area contributed by atoms with Gasteiger partial charge in [-0.2, -0.15) is 9.78 Å². The van der Waals surface area contributed by atoms with E-state index in [0.29, 0.717) is 5.92 Å². The fourth-order valence-electron chi connectivity index (χ4n) is 2.93. The Morgan fingerprint density at radius 3 is 2.70 bits per heavy atom. The number of aromatic nitrogens is 7. The van der Waals surface area contributed by atoms with Crippen LogP contribution in [0.5, 0.6) is 0 Å². The van der Waals surface area contributed by atoms with Crippen molar-refractivity contribution in [3.8, 4) is 17.3 Å². The molecule has 0 amide bonds. The summed E-state index contributed by atoms with van der Waals surface area (Å²) >= 11 is 0. The van der Waals surface area contributed by atoms with E-state index in [2.05, 4.69) is 10.1 Å². The van der Waals surface area contributed by atoms with Crippen molar-refractivity contribution in [3.05, 3.63) is 30.6 Å². The summed E-state index contributed by atoms with van der Waals surface area (Å²) in [7, 11) is 3.86. The van der Waals surface area contributed by atoms with E-state index in [1.165, 1.54) is 0 Å². The maximum absolute atomic E-state index is 5.45. The number of hydrogen-bond donors (Lipinski definition) is 0. The normalized spacial score (nSPS) is 16.1. The molecule has 0 aromatic carbocycles. The largest absolute Gasteiger partial charge is 0.381 e. The monoisotopic (exact) mass is 313 g/mol. The van der Waals surface area contributed by atoms with Crippen molar-refractivity contribution in [2.75, 3.05) is 13.2 Å².